The first-order chi connectivity index (χ1) is 11.6. The van der Waals surface area contributed by atoms with Crippen molar-refractivity contribution in [2.24, 2.45) is 7.05 Å². The van der Waals surface area contributed by atoms with Crippen molar-refractivity contribution in [1.29, 1.82) is 0 Å². The van der Waals surface area contributed by atoms with Gasteiger partial charge in [-0.15, -0.1) is 0 Å². The molecule has 0 spiro atoms. The Morgan fingerprint density at radius 3 is 2.83 bits per heavy atom. The van der Waals surface area contributed by atoms with Gasteiger partial charge in [-0.05, 0) is 40.2 Å². The molecule has 4 aromatic rings. The van der Waals surface area contributed by atoms with E-state index in [4.69, 9.17) is 0 Å². The van der Waals surface area contributed by atoms with E-state index in [-0.39, 0.29) is 5.56 Å². The van der Waals surface area contributed by atoms with Crippen molar-refractivity contribution >= 4 is 44.4 Å². The first-order valence-corrected chi connectivity index (χ1v) is 9.12. The molecule has 0 radical (unpaired) electrons. The number of hydrogen-bond acceptors (Lipinski definition) is 4. The van der Waals surface area contributed by atoms with Gasteiger partial charge < -0.3 is 4.57 Å². The summed E-state index contributed by atoms with van der Waals surface area (Å²) in [5, 5.41) is 0.911. The predicted octanol–water partition coefficient (Wildman–Crippen LogP) is 3.64. The highest BCUT2D eigenvalue weighted by Gasteiger charge is 2.09. The molecule has 1 aromatic carbocycles. The lowest BCUT2D eigenvalue weighted by molar-refractivity contribution is 0.814. The molecule has 120 valence electrons. The number of fused-ring (bicyclic) bond motifs is 2. The van der Waals surface area contributed by atoms with Crippen molar-refractivity contribution in [3.05, 3.63) is 69.2 Å². The largest absolute Gasteiger partial charge is 0.322 e. The number of imidazole rings is 1. The molecule has 3 aromatic heterocycles. The lowest BCUT2D eigenvalue weighted by Gasteiger charge is -2.05. The SMILES string of the molecule is Cn1c(SCc2cc(=O)n3cc(Br)ccc3n2)nc2ccccc21. The van der Waals surface area contributed by atoms with E-state index in [9.17, 15) is 4.79 Å². The molecule has 0 aliphatic heterocycles. The molecular weight excluding hydrogens is 388 g/mol. The number of pyridine rings is 1. The second kappa shape index (κ2) is 6.07. The van der Waals surface area contributed by atoms with E-state index in [2.05, 4.69) is 30.5 Å². The number of halogens is 1. The summed E-state index contributed by atoms with van der Waals surface area (Å²) in [4.78, 5) is 21.4. The Morgan fingerprint density at radius 1 is 1.17 bits per heavy atom. The van der Waals surface area contributed by atoms with Gasteiger partial charge in [0.05, 0.1) is 16.7 Å². The molecule has 0 amide bonds. The molecule has 0 N–H and O–H groups in total. The minimum Gasteiger partial charge on any atom is -0.322 e. The second-order valence-corrected chi connectivity index (χ2v) is 7.25. The molecule has 0 saturated heterocycles. The quantitative estimate of drug-likeness (QED) is 0.492. The Bertz CT molecular complexity index is 1120. The van der Waals surface area contributed by atoms with Crippen LogP contribution in [0.5, 0.6) is 0 Å². The monoisotopic (exact) mass is 400 g/mol. The van der Waals surface area contributed by atoms with Crippen molar-refractivity contribution < 1.29 is 0 Å². The zero-order valence-electron chi connectivity index (χ0n) is 12.8. The Labute approximate surface area is 150 Å². The maximum absolute atomic E-state index is 12.2. The van der Waals surface area contributed by atoms with Gasteiger partial charge in [0.2, 0.25) is 0 Å². The highest BCUT2D eigenvalue weighted by atomic mass is 79.9. The van der Waals surface area contributed by atoms with Crippen molar-refractivity contribution in [2.75, 3.05) is 0 Å². The minimum absolute atomic E-state index is 0.0816. The fourth-order valence-corrected chi connectivity index (χ4v) is 3.81. The molecule has 0 unspecified atom stereocenters. The van der Waals surface area contributed by atoms with Crippen molar-refractivity contribution in [1.82, 2.24) is 18.9 Å². The van der Waals surface area contributed by atoms with Gasteiger partial charge in [0.1, 0.15) is 5.65 Å². The molecule has 0 aliphatic rings. The van der Waals surface area contributed by atoms with E-state index in [1.54, 1.807) is 24.0 Å². The Morgan fingerprint density at radius 2 is 2.00 bits per heavy atom. The van der Waals surface area contributed by atoms with Crippen LogP contribution in [-0.4, -0.2) is 18.9 Å². The number of hydrogen-bond donors (Lipinski definition) is 0. The van der Waals surface area contributed by atoms with Crippen molar-refractivity contribution in [3.63, 3.8) is 0 Å². The molecule has 24 heavy (non-hydrogen) atoms. The van der Waals surface area contributed by atoms with Gasteiger partial charge in [-0.2, -0.15) is 0 Å². The summed E-state index contributed by atoms with van der Waals surface area (Å²) >= 11 is 4.95. The lowest BCUT2D eigenvalue weighted by atomic mass is 10.3. The average molecular weight is 401 g/mol. The molecule has 3 heterocycles. The molecule has 4 rings (SSSR count). The van der Waals surface area contributed by atoms with Crippen LogP contribution < -0.4 is 5.56 Å². The molecule has 5 nitrogen and oxygen atoms in total. The average Bonchev–Trinajstić information content (AvgIpc) is 2.90. The smallest absolute Gasteiger partial charge is 0.258 e. The van der Waals surface area contributed by atoms with Gasteiger partial charge in [0.15, 0.2) is 5.16 Å². The number of thioether (sulfide) groups is 1. The first-order valence-electron chi connectivity index (χ1n) is 7.34. The summed E-state index contributed by atoms with van der Waals surface area (Å²) in [5.74, 6) is 0.596. The predicted molar refractivity (Wildman–Crippen MR) is 99.4 cm³/mol. The Hall–Kier alpha value is -2.12. The Kier molecular flexibility index (Phi) is 3.90. The van der Waals surface area contributed by atoms with Crippen LogP contribution in [0, 0.1) is 0 Å². The van der Waals surface area contributed by atoms with Crippen molar-refractivity contribution in [2.45, 2.75) is 10.9 Å². The third-order valence-corrected chi connectivity index (χ3v) is 5.30. The van der Waals surface area contributed by atoms with Crippen LogP contribution in [0.2, 0.25) is 0 Å². The van der Waals surface area contributed by atoms with Gasteiger partial charge >= 0.3 is 0 Å². The number of nitrogens with zero attached hydrogens (tertiary/aromatic N) is 4. The zero-order chi connectivity index (χ0) is 16.7. The van der Waals surface area contributed by atoms with Crippen LogP contribution >= 0.6 is 27.7 Å². The van der Waals surface area contributed by atoms with Gasteiger partial charge in [-0.25, -0.2) is 9.97 Å². The first kappa shape index (κ1) is 15.4. The van der Waals surface area contributed by atoms with E-state index in [0.29, 0.717) is 11.4 Å². The fraction of sp³-hybridized carbons (Fsp3) is 0.118. The lowest BCUT2D eigenvalue weighted by Crippen LogP contribution is -2.15. The molecule has 0 aliphatic carbocycles. The minimum atomic E-state index is -0.0816. The van der Waals surface area contributed by atoms with Crippen LogP contribution in [0.4, 0.5) is 0 Å². The third kappa shape index (κ3) is 2.74. The summed E-state index contributed by atoms with van der Waals surface area (Å²) in [6.45, 7) is 0. The van der Waals surface area contributed by atoms with E-state index in [0.717, 1.165) is 26.4 Å². The number of benzene rings is 1. The summed E-state index contributed by atoms with van der Waals surface area (Å²) in [7, 11) is 2.00. The van der Waals surface area contributed by atoms with Crippen LogP contribution in [0.25, 0.3) is 16.7 Å². The number of aryl methyl sites for hydroxylation is 1. The van der Waals surface area contributed by atoms with Gasteiger partial charge in [0, 0.05) is 29.5 Å². The normalized spacial score (nSPS) is 11.4. The third-order valence-electron chi connectivity index (χ3n) is 3.77. The topological polar surface area (TPSA) is 52.2 Å². The summed E-state index contributed by atoms with van der Waals surface area (Å²) in [5.41, 5.74) is 3.38. The second-order valence-electron chi connectivity index (χ2n) is 5.39. The molecular formula is C17H13BrN4OS. The molecule has 7 heteroatoms. The molecule has 0 fully saturated rings. The summed E-state index contributed by atoms with van der Waals surface area (Å²) in [6, 6.07) is 13.3. The highest BCUT2D eigenvalue weighted by molar-refractivity contribution is 9.10. The number of para-hydroxylation sites is 2. The molecule has 0 saturated carbocycles. The van der Waals surface area contributed by atoms with E-state index >= 15 is 0 Å². The van der Waals surface area contributed by atoms with Gasteiger partial charge in [-0.3, -0.25) is 9.20 Å². The molecule has 0 atom stereocenters. The highest BCUT2D eigenvalue weighted by Crippen LogP contribution is 2.25. The zero-order valence-corrected chi connectivity index (χ0v) is 15.2. The molecule has 0 bridgehead atoms. The maximum Gasteiger partial charge on any atom is 0.258 e. The van der Waals surface area contributed by atoms with E-state index in [1.807, 2.05) is 43.4 Å². The van der Waals surface area contributed by atoms with Crippen LogP contribution in [0.3, 0.4) is 0 Å². The standard InChI is InChI=1S/C17H13BrN4OS/c1-21-14-5-3-2-4-13(14)20-17(21)24-10-12-8-16(23)22-9-11(18)6-7-15(22)19-12/h2-9H,10H2,1H3. The van der Waals surface area contributed by atoms with Gasteiger partial charge in [0.25, 0.3) is 5.56 Å². The summed E-state index contributed by atoms with van der Waals surface area (Å²) < 4.78 is 4.44. The van der Waals surface area contributed by atoms with Crippen molar-refractivity contribution in [3.8, 4) is 0 Å². The van der Waals surface area contributed by atoms with Gasteiger partial charge in [-0.1, -0.05) is 23.9 Å². The number of rotatable bonds is 3. The van der Waals surface area contributed by atoms with E-state index in [1.165, 1.54) is 4.40 Å². The van der Waals surface area contributed by atoms with Crippen LogP contribution in [0.1, 0.15) is 5.69 Å². The number of aromatic nitrogens is 4. The van der Waals surface area contributed by atoms with Crippen LogP contribution in [-0.2, 0) is 12.8 Å². The van der Waals surface area contributed by atoms with E-state index < -0.39 is 0 Å². The maximum atomic E-state index is 12.2. The van der Waals surface area contributed by atoms with Crippen LogP contribution in [0.15, 0.2) is 63.1 Å². The fourth-order valence-electron chi connectivity index (χ4n) is 2.59. The Balaban J connectivity index is 1.65. The summed E-state index contributed by atoms with van der Waals surface area (Å²) in [6.07, 6.45) is 1.73.